The summed E-state index contributed by atoms with van der Waals surface area (Å²) < 4.78 is 143. The Bertz CT molecular complexity index is 1620. The second-order valence-corrected chi connectivity index (χ2v) is 90.0. The molecule has 4 saturated heterocycles. The van der Waals surface area contributed by atoms with Crippen molar-refractivity contribution in [3.8, 4) is 0 Å². The van der Waals surface area contributed by atoms with Gasteiger partial charge >= 0.3 is 54.3 Å². The summed E-state index contributed by atoms with van der Waals surface area (Å²) in [5.41, 5.74) is 0. The summed E-state index contributed by atoms with van der Waals surface area (Å²) in [6, 6.07) is 9.81. The Morgan fingerprint density at radius 2 is 0.622 bits per heavy atom. The van der Waals surface area contributed by atoms with Gasteiger partial charge in [0, 0.05) is 0 Å². The Labute approximate surface area is 655 Å². The van der Waals surface area contributed by atoms with Crippen LogP contribution < -0.4 is 0 Å². The van der Waals surface area contributed by atoms with E-state index < -0.39 is 241 Å². The molecule has 0 N–H and O–H groups in total. The van der Waals surface area contributed by atoms with Crippen molar-refractivity contribution in [2.75, 3.05) is 0 Å². The van der Waals surface area contributed by atoms with Crippen molar-refractivity contribution in [1.29, 1.82) is 0 Å². The van der Waals surface area contributed by atoms with Gasteiger partial charge in [0.05, 0.1) is 0 Å². The second kappa shape index (κ2) is 73.2. The SMILES string of the molecule is C.C.C.C.C.C.CC.CC.CC.CC.CC.CC.C[SiH]1O[SiH](C)O[SiH](CC[SiH2]O[SiH2]O[SiH2]CC[Si]2(C)O[SiH](C)O[SiH](CC[SiH2]O[SiH2]O[Si](C)(C)CC[SiH]3O[SiH](C)O[SiH](C)O[SiH](C)O3)O[SiH](C)O2)O[SiH](C)O1.C[SiH]1O[SiH](C)O[Si](C)(CC[SiH](O[SiH2]O[Si](C)(C)C)O[Si](C)(C)C)O[SiH](C)O1. The van der Waals surface area contributed by atoms with Gasteiger partial charge in [-0.2, -0.15) is 0 Å². The molecule has 608 valence electrons. The van der Waals surface area contributed by atoms with Crippen LogP contribution in [0.2, 0.25) is 198 Å². The Kier molecular flexibility index (Phi) is 92.4. The average molecular weight is 1860 g/mol. The van der Waals surface area contributed by atoms with Crippen LogP contribution >= 0.6 is 0 Å². The molecule has 9 atom stereocenters. The third kappa shape index (κ3) is 69.9. The van der Waals surface area contributed by atoms with E-state index in [1.807, 2.05) is 83.1 Å². The Balaban J connectivity index is -0.000000183. The van der Waals surface area contributed by atoms with Gasteiger partial charge in [-0.25, -0.2) is 0 Å². The number of hydrogen-bond donors (Lipinski definition) is 0. The predicted molar refractivity (Wildman–Crippen MR) is 492 cm³/mol. The molecule has 4 aliphatic heterocycles. The molecule has 0 aromatic carbocycles. The predicted octanol–water partition coefficient (Wildman–Crippen LogP) is 8.14. The van der Waals surface area contributed by atoms with Gasteiger partial charge in [-0.3, -0.25) is 0 Å². The number of rotatable bonds is 29. The first-order chi connectivity index (χ1) is 43.3. The Hall–Kier alpha value is 4.72. The highest BCUT2D eigenvalue weighted by Crippen LogP contribution is 2.27. The van der Waals surface area contributed by atoms with Gasteiger partial charge in [0.1, 0.15) is 29.3 Å². The van der Waals surface area contributed by atoms with Crippen molar-refractivity contribution in [3.63, 3.8) is 0 Å². The van der Waals surface area contributed by atoms with Gasteiger partial charge in [0.2, 0.25) is 0 Å². The van der Waals surface area contributed by atoms with Crippen molar-refractivity contribution in [3.05, 3.63) is 0 Å². The van der Waals surface area contributed by atoms with Crippen LogP contribution in [-0.4, -0.2) is 241 Å². The van der Waals surface area contributed by atoms with Crippen LogP contribution in [0.5, 0.6) is 0 Å². The fourth-order valence-corrected chi connectivity index (χ4v) is 91.4. The highest BCUT2D eigenvalue weighted by atomic mass is 28.5. The van der Waals surface area contributed by atoms with Crippen LogP contribution in [0.1, 0.15) is 128 Å². The minimum Gasteiger partial charge on any atom is -0.446 e. The zero-order valence-corrected chi connectivity index (χ0v) is 95.7. The summed E-state index contributed by atoms with van der Waals surface area (Å²) in [5.74, 6) is 0. The third-order valence-corrected chi connectivity index (χ3v) is 92.0. The van der Waals surface area contributed by atoms with E-state index in [1.54, 1.807) is 0 Å². The lowest BCUT2D eigenvalue weighted by Gasteiger charge is -2.37. The lowest BCUT2D eigenvalue weighted by atomic mass is 10.9. The molecule has 4 heterocycles. The maximum Gasteiger partial charge on any atom is 0.316 e. The molecule has 0 aliphatic carbocycles. The minimum atomic E-state index is -2.34. The molecule has 98 heavy (non-hydrogen) atoms. The van der Waals surface area contributed by atoms with Gasteiger partial charge < -0.3 is 94.6 Å². The van der Waals surface area contributed by atoms with Crippen molar-refractivity contribution in [2.45, 2.75) is 326 Å². The maximum absolute atomic E-state index is 6.61. The highest BCUT2D eigenvalue weighted by molar-refractivity contribution is 6.84. The zero-order valence-electron chi connectivity index (χ0n) is 64.9. The van der Waals surface area contributed by atoms with E-state index in [0.717, 1.165) is 60.4 Å². The minimum absolute atomic E-state index is 0. The quantitative estimate of drug-likeness (QED) is 0.0511. The van der Waals surface area contributed by atoms with Gasteiger partial charge in [-0.05, 0) is 198 Å². The zero-order chi connectivity index (χ0) is 71.7. The molecule has 0 saturated carbocycles. The van der Waals surface area contributed by atoms with Crippen LogP contribution in [0, 0.1) is 0 Å². The maximum atomic E-state index is 6.61. The fraction of sp³-hybridized carbons (Fsp3) is 1.00. The van der Waals surface area contributed by atoms with E-state index in [9.17, 15) is 0 Å². The Morgan fingerprint density at radius 3 is 0.969 bits per heavy atom. The van der Waals surface area contributed by atoms with Crippen molar-refractivity contribution < 1.29 is 94.6 Å². The molecule has 4 rings (SSSR count). The van der Waals surface area contributed by atoms with Crippen molar-refractivity contribution >= 4 is 241 Å². The second-order valence-electron chi connectivity index (χ2n) is 23.4. The third-order valence-electron chi connectivity index (χ3n) is 12.1. The molecule has 0 radical (unpaired) electrons. The lowest BCUT2D eigenvalue weighted by molar-refractivity contribution is 0.271. The smallest absolute Gasteiger partial charge is 0.316 e. The van der Waals surface area contributed by atoms with Crippen LogP contribution in [0.4, 0.5) is 0 Å². The molecule has 4 aliphatic rings. The largest absolute Gasteiger partial charge is 0.446 e. The van der Waals surface area contributed by atoms with E-state index in [4.69, 9.17) is 94.6 Å². The monoisotopic (exact) mass is 1850 g/mol. The summed E-state index contributed by atoms with van der Waals surface area (Å²) >= 11 is 0. The van der Waals surface area contributed by atoms with E-state index in [1.165, 1.54) is 0 Å². The first kappa shape index (κ1) is 124. The van der Waals surface area contributed by atoms with Gasteiger partial charge in [-0.15, -0.1) is 0 Å². The van der Waals surface area contributed by atoms with Crippen molar-refractivity contribution in [1.82, 2.24) is 0 Å². The molecule has 4 fully saturated rings. The molecule has 0 bridgehead atoms. The highest BCUT2D eigenvalue weighted by Gasteiger charge is 2.42. The standard InChI is InChI=1S/C19H70O16Si18.C12H40O7Si8.6C2H6.6CH4/c1-41-24-43(3)28-49(29-44(4)25-41)15-12-36-20-39-21-38-14-18-53(11)34-47(7)32-50(33-48(8)35-53)16-13-37-22-40-23-52(9,10)19-17-51-30-45(5)26-42(2)27-46(6)31-51;1-21-15-22(2)17-27(10,18-23(3)16-21)12-11-24(19-26(7,8)9)13-20-14-25(4,5)6;6*1-2;;;;;;/h41-51H,12-19,36-40H2,1-11H3;21-24H,11-12,20H2,1-10H3;6*1-2H3;6*1H4. The van der Waals surface area contributed by atoms with Crippen LogP contribution in [0.3, 0.4) is 0 Å². The summed E-state index contributed by atoms with van der Waals surface area (Å²) in [7, 11) is -40.0. The van der Waals surface area contributed by atoms with Crippen LogP contribution in [-0.2, 0) is 94.6 Å². The van der Waals surface area contributed by atoms with Gasteiger partial charge in [0.15, 0.2) is 25.0 Å². The van der Waals surface area contributed by atoms with Crippen molar-refractivity contribution in [2.24, 2.45) is 0 Å². The first-order valence-corrected chi connectivity index (χ1v) is 88.4. The van der Waals surface area contributed by atoms with Crippen LogP contribution in [0.15, 0.2) is 0 Å². The molecule has 9 unspecified atom stereocenters. The number of hydrogen-bond acceptors (Lipinski definition) is 23. The molecular weight excluding hydrogens is 1690 g/mol. The van der Waals surface area contributed by atoms with Crippen LogP contribution in [0.25, 0.3) is 0 Å². The van der Waals surface area contributed by atoms with E-state index in [-0.39, 0.29) is 44.6 Å². The summed E-state index contributed by atoms with van der Waals surface area (Å²) in [6.45, 7) is 69.1. The van der Waals surface area contributed by atoms with E-state index in [0.29, 0.717) is 0 Å². The molecule has 0 spiro atoms. The Morgan fingerprint density at radius 1 is 0.337 bits per heavy atom. The molecule has 0 aromatic rings. The fourth-order valence-electron chi connectivity index (χ4n) is 8.85. The molecule has 0 amide bonds. The average Bonchev–Trinajstić information content (AvgIpc) is 0.854. The summed E-state index contributed by atoms with van der Waals surface area (Å²) in [5, 5.41) is 0. The molecular formula is C49H170O23Si26. The van der Waals surface area contributed by atoms with Gasteiger partial charge in [-0.1, -0.05) is 128 Å². The topological polar surface area (TPSA) is 212 Å². The molecule has 49 heteroatoms. The normalized spacial score (nSPS) is 29.8. The van der Waals surface area contributed by atoms with E-state index >= 15 is 0 Å². The molecule has 23 nitrogen and oxygen atoms in total. The molecule has 0 aromatic heterocycles. The summed E-state index contributed by atoms with van der Waals surface area (Å²) in [4.78, 5) is 0. The lowest BCUT2D eigenvalue weighted by Crippen LogP contribution is -2.53. The van der Waals surface area contributed by atoms with E-state index in [2.05, 4.69) is 137 Å². The first-order valence-electron chi connectivity index (χ1n) is 35.1. The van der Waals surface area contributed by atoms with Gasteiger partial charge in [0.25, 0.3) is 132 Å². The summed E-state index contributed by atoms with van der Waals surface area (Å²) in [6.07, 6.45) is 0.